The molecule has 1 aliphatic heterocycles. The van der Waals surface area contributed by atoms with Gasteiger partial charge < -0.3 is 14.8 Å². The Balaban J connectivity index is 1.21. The molecule has 164 valence electrons. The fourth-order valence-corrected chi connectivity index (χ4v) is 5.73. The number of nitrogens with one attached hydrogen (secondary N) is 1. The van der Waals surface area contributed by atoms with E-state index in [0.717, 1.165) is 51.9 Å². The van der Waals surface area contributed by atoms with Crippen molar-refractivity contribution in [2.45, 2.75) is 71.0 Å². The SMILES string of the molecule is CCn1c2ccccc2c2cc(CNC3CCN(C(=O)C4CCCCC4)CC3)ccc21. The summed E-state index contributed by atoms with van der Waals surface area (Å²) in [6, 6.07) is 16.1. The standard InChI is InChI=1S/C27H35N3O/c1-2-30-25-11-7-6-10-23(25)24-18-20(12-13-26(24)30)19-28-22-14-16-29(17-15-22)27(31)21-8-4-3-5-9-21/h6-7,10-13,18,21-22,28H,2-5,8-9,14-17,19H2,1H3. The average molecular weight is 418 g/mol. The van der Waals surface area contributed by atoms with Gasteiger partial charge in [0.25, 0.3) is 0 Å². The first-order chi connectivity index (χ1) is 15.2. The number of nitrogens with zero attached hydrogens (tertiary/aromatic N) is 2. The molecule has 0 spiro atoms. The van der Waals surface area contributed by atoms with Crippen LogP contribution in [0.4, 0.5) is 0 Å². The first-order valence-corrected chi connectivity index (χ1v) is 12.3. The van der Waals surface area contributed by atoms with Gasteiger partial charge in [0.2, 0.25) is 5.91 Å². The molecule has 0 unspecified atom stereocenters. The topological polar surface area (TPSA) is 37.3 Å². The van der Waals surface area contributed by atoms with Crippen molar-refractivity contribution in [2.75, 3.05) is 13.1 Å². The molecule has 0 radical (unpaired) electrons. The van der Waals surface area contributed by atoms with Crippen LogP contribution in [0.5, 0.6) is 0 Å². The fraction of sp³-hybridized carbons (Fsp3) is 0.519. The Labute approximate surface area is 185 Å². The first kappa shape index (κ1) is 20.6. The highest BCUT2D eigenvalue weighted by molar-refractivity contribution is 6.08. The summed E-state index contributed by atoms with van der Waals surface area (Å²) >= 11 is 0. The molecule has 1 aliphatic carbocycles. The maximum atomic E-state index is 12.8. The number of piperidine rings is 1. The van der Waals surface area contributed by atoms with Crippen LogP contribution in [-0.2, 0) is 17.9 Å². The third kappa shape index (κ3) is 4.10. The molecule has 2 fully saturated rings. The Morgan fingerprint density at radius 1 is 0.935 bits per heavy atom. The van der Waals surface area contributed by atoms with Crippen molar-refractivity contribution in [1.82, 2.24) is 14.8 Å². The Morgan fingerprint density at radius 3 is 2.45 bits per heavy atom. The number of aromatic nitrogens is 1. The van der Waals surface area contributed by atoms with Crippen LogP contribution in [0, 0.1) is 5.92 Å². The minimum atomic E-state index is 0.301. The molecule has 5 rings (SSSR count). The maximum absolute atomic E-state index is 12.8. The second-order valence-electron chi connectivity index (χ2n) is 9.43. The van der Waals surface area contributed by atoms with Gasteiger partial charge in [-0.05, 0) is 56.4 Å². The van der Waals surface area contributed by atoms with Crippen molar-refractivity contribution < 1.29 is 4.79 Å². The second kappa shape index (κ2) is 9.04. The Hall–Kier alpha value is -2.33. The predicted molar refractivity (Wildman–Crippen MR) is 128 cm³/mol. The third-order valence-corrected chi connectivity index (χ3v) is 7.51. The zero-order chi connectivity index (χ0) is 21.2. The molecular weight excluding hydrogens is 382 g/mol. The smallest absolute Gasteiger partial charge is 0.225 e. The summed E-state index contributed by atoms with van der Waals surface area (Å²) in [5, 5.41) is 6.46. The van der Waals surface area contributed by atoms with E-state index in [1.54, 1.807) is 0 Å². The van der Waals surface area contributed by atoms with Gasteiger partial charge in [0, 0.05) is 59.9 Å². The highest BCUT2D eigenvalue weighted by Crippen LogP contribution is 2.30. The highest BCUT2D eigenvalue weighted by atomic mass is 16.2. The number of para-hydroxylation sites is 1. The van der Waals surface area contributed by atoms with Gasteiger partial charge in [-0.2, -0.15) is 0 Å². The third-order valence-electron chi connectivity index (χ3n) is 7.51. The molecule has 31 heavy (non-hydrogen) atoms. The van der Waals surface area contributed by atoms with Crippen LogP contribution >= 0.6 is 0 Å². The quantitative estimate of drug-likeness (QED) is 0.597. The molecule has 3 aromatic rings. The van der Waals surface area contributed by atoms with Crippen molar-refractivity contribution in [1.29, 1.82) is 0 Å². The van der Waals surface area contributed by atoms with Crippen molar-refractivity contribution in [2.24, 2.45) is 5.92 Å². The number of carbonyl (C=O) groups excluding carboxylic acids is 1. The summed E-state index contributed by atoms with van der Waals surface area (Å²) in [6.07, 6.45) is 8.11. The maximum Gasteiger partial charge on any atom is 0.225 e. The number of hydrogen-bond acceptors (Lipinski definition) is 2. The lowest BCUT2D eigenvalue weighted by atomic mass is 9.87. The summed E-state index contributed by atoms with van der Waals surface area (Å²) in [7, 11) is 0. The lowest BCUT2D eigenvalue weighted by Gasteiger charge is -2.35. The molecule has 2 aliphatic rings. The lowest BCUT2D eigenvalue weighted by molar-refractivity contribution is -0.137. The van der Waals surface area contributed by atoms with E-state index in [0.29, 0.717) is 17.9 Å². The van der Waals surface area contributed by atoms with E-state index in [1.807, 2.05) is 0 Å². The van der Waals surface area contributed by atoms with E-state index in [2.05, 4.69) is 64.2 Å². The van der Waals surface area contributed by atoms with Crippen molar-refractivity contribution >= 4 is 27.7 Å². The molecule has 1 N–H and O–H groups in total. The minimum Gasteiger partial charge on any atom is -0.342 e. The van der Waals surface area contributed by atoms with E-state index in [4.69, 9.17) is 0 Å². The summed E-state index contributed by atoms with van der Waals surface area (Å²) in [4.78, 5) is 14.9. The van der Waals surface area contributed by atoms with Gasteiger partial charge in [-0.3, -0.25) is 4.79 Å². The summed E-state index contributed by atoms with van der Waals surface area (Å²) in [5.41, 5.74) is 3.98. The molecule has 4 heteroatoms. The molecule has 2 aromatic carbocycles. The number of benzene rings is 2. The fourth-order valence-electron chi connectivity index (χ4n) is 5.73. The Bertz CT molecular complexity index is 1050. The molecule has 4 nitrogen and oxygen atoms in total. The van der Waals surface area contributed by atoms with Gasteiger partial charge in [-0.15, -0.1) is 0 Å². The summed E-state index contributed by atoms with van der Waals surface area (Å²) in [6.45, 7) is 5.92. The second-order valence-corrected chi connectivity index (χ2v) is 9.43. The van der Waals surface area contributed by atoms with Gasteiger partial charge in [0.1, 0.15) is 0 Å². The van der Waals surface area contributed by atoms with Crippen LogP contribution in [0.25, 0.3) is 21.8 Å². The normalized spacial score (nSPS) is 18.8. The molecule has 1 amide bonds. The van der Waals surface area contributed by atoms with Crippen molar-refractivity contribution in [3.63, 3.8) is 0 Å². The number of likely N-dealkylation sites (tertiary alicyclic amines) is 1. The zero-order valence-corrected chi connectivity index (χ0v) is 18.8. The lowest BCUT2D eigenvalue weighted by Crippen LogP contribution is -2.46. The average Bonchev–Trinajstić information content (AvgIpc) is 3.16. The zero-order valence-electron chi connectivity index (χ0n) is 18.8. The van der Waals surface area contributed by atoms with Crippen LogP contribution in [-0.4, -0.2) is 34.5 Å². The number of rotatable bonds is 5. The number of amides is 1. The van der Waals surface area contributed by atoms with E-state index in [-0.39, 0.29) is 0 Å². The number of carbonyl (C=O) groups is 1. The first-order valence-electron chi connectivity index (χ1n) is 12.3. The molecule has 0 bridgehead atoms. The van der Waals surface area contributed by atoms with Gasteiger partial charge in [-0.25, -0.2) is 0 Å². The number of fused-ring (bicyclic) bond motifs is 3. The number of hydrogen-bond donors (Lipinski definition) is 1. The summed E-state index contributed by atoms with van der Waals surface area (Å²) in [5.74, 6) is 0.728. The van der Waals surface area contributed by atoms with Crippen LogP contribution in [0.2, 0.25) is 0 Å². The van der Waals surface area contributed by atoms with E-state index >= 15 is 0 Å². The van der Waals surface area contributed by atoms with Gasteiger partial charge in [0.15, 0.2) is 0 Å². The van der Waals surface area contributed by atoms with Gasteiger partial charge in [-0.1, -0.05) is 43.5 Å². The van der Waals surface area contributed by atoms with E-state index in [1.165, 1.54) is 46.6 Å². The van der Waals surface area contributed by atoms with Gasteiger partial charge in [0.05, 0.1) is 0 Å². The predicted octanol–water partition coefficient (Wildman–Crippen LogP) is 5.48. The van der Waals surface area contributed by atoms with Crippen LogP contribution in [0.15, 0.2) is 42.5 Å². The van der Waals surface area contributed by atoms with Crippen molar-refractivity contribution in [3.05, 3.63) is 48.0 Å². The number of aryl methyl sites for hydroxylation is 1. The van der Waals surface area contributed by atoms with E-state index in [9.17, 15) is 4.79 Å². The largest absolute Gasteiger partial charge is 0.342 e. The molecule has 1 saturated heterocycles. The monoisotopic (exact) mass is 417 g/mol. The molecule has 0 atom stereocenters. The highest BCUT2D eigenvalue weighted by Gasteiger charge is 2.28. The minimum absolute atomic E-state index is 0.301. The van der Waals surface area contributed by atoms with Crippen LogP contribution in [0.1, 0.15) is 57.4 Å². The van der Waals surface area contributed by atoms with Gasteiger partial charge >= 0.3 is 0 Å². The van der Waals surface area contributed by atoms with E-state index < -0.39 is 0 Å². The van der Waals surface area contributed by atoms with Crippen LogP contribution in [0.3, 0.4) is 0 Å². The van der Waals surface area contributed by atoms with Crippen molar-refractivity contribution in [3.8, 4) is 0 Å². The Kier molecular flexibility index (Phi) is 5.99. The summed E-state index contributed by atoms with van der Waals surface area (Å²) < 4.78 is 2.40. The molecule has 2 heterocycles. The van der Waals surface area contributed by atoms with Crippen LogP contribution < -0.4 is 5.32 Å². The molecular formula is C27H35N3O. The Morgan fingerprint density at radius 2 is 1.68 bits per heavy atom. The molecule has 1 saturated carbocycles. The molecule has 1 aromatic heterocycles.